The molecule has 2 aliphatic rings. The molecular formula is C28H32FN7. The molecule has 0 amide bonds. The summed E-state index contributed by atoms with van der Waals surface area (Å²) in [6.07, 6.45) is 0.864. The zero-order valence-corrected chi connectivity index (χ0v) is 21.0. The number of fused-ring (bicyclic) bond motifs is 1. The van der Waals surface area contributed by atoms with E-state index in [9.17, 15) is 9.65 Å². The van der Waals surface area contributed by atoms with Crippen LogP contribution in [-0.2, 0) is 19.5 Å². The lowest BCUT2D eigenvalue weighted by Crippen LogP contribution is -2.47. The standard InChI is InChI=1S/C28H32FN7/c1-3-33(2)27-23-20-34(19-22-8-6-7-21(17-22)18-30)12-11-25(23)31-28(32-27)36-15-13-35(14-16-36)26-10-5-4-9-24(26)29/h4-10,17H,3,11-16,19-20H2,1-2H3. The van der Waals surface area contributed by atoms with E-state index in [0.29, 0.717) is 11.3 Å². The maximum atomic E-state index is 14.3. The van der Waals surface area contributed by atoms with Gasteiger partial charge in [-0.2, -0.15) is 10.2 Å². The summed E-state index contributed by atoms with van der Waals surface area (Å²) >= 11 is 0. The molecule has 2 aromatic carbocycles. The van der Waals surface area contributed by atoms with Crippen molar-refractivity contribution in [3.63, 3.8) is 0 Å². The average molecular weight is 486 g/mol. The predicted octanol–water partition coefficient (Wildman–Crippen LogP) is 3.83. The Morgan fingerprint density at radius 3 is 2.53 bits per heavy atom. The summed E-state index contributed by atoms with van der Waals surface area (Å²) in [5.41, 5.74) is 4.81. The number of hydrogen-bond donors (Lipinski definition) is 0. The molecule has 0 bridgehead atoms. The van der Waals surface area contributed by atoms with Crippen LogP contribution >= 0.6 is 0 Å². The van der Waals surface area contributed by atoms with Crippen molar-refractivity contribution in [1.82, 2.24) is 14.9 Å². The first-order valence-electron chi connectivity index (χ1n) is 12.6. The van der Waals surface area contributed by atoms with Crippen molar-refractivity contribution >= 4 is 17.5 Å². The summed E-state index contributed by atoms with van der Waals surface area (Å²) < 4.78 is 14.3. The van der Waals surface area contributed by atoms with Crippen LogP contribution < -0.4 is 14.7 Å². The first-order valence-corrected chi connectivity index (χ1v) is 12.6. The van der Waals surface area contributed by atoms with E-state index in [1.165, 1.54) is 11.6 Å². The summed E-state index contributed by atoms with van der Waals surface area (Å²) in [6.45, 7) is 8.45. The van der Waals surface area contributed by atoms with Gasteiger partial charge in [-0.15, -0.1) is 0 Å². The number of piperazine rings is 1. The molecule has 36 heavy (non-hydrogen) atoms. The second-order valence-corrected chi connectivity index (χ2v) is 9.48. The van der Waals surface area contributed by atoms with Crippen molar-refractivity contribution in [2.75, 3.05) is 61.0 Å². The zero-order valence-electron chi connectivity index (χ0n) is 21.0. The number of hydrogen-bond acceptors (Lipinski definition) is 7. The third kappa shape index (κ3) is 4.98. The van der Waals surface area contributed by atoms with Gasteiger partial charge in [-0.3, -0.25) is 4.90 Å². The van der Waals surface area contributed by atoms with E-state index in [-0.39, 0.29) is 5.82 Å². The van der Waals surface area contributed by atoms with Crippen LogP contribution in [-0.4, -0.2) is 61.2 Å². The van der Waals surface area contributed by atoms with Crippen LogP contribution in [0.2, 0.25) is 0 Å². The highest BCUT2D eigenvalue weighted by molar-refractivity contribution is 5.55. The fourth-order valence-electron chi connectivity index (χ4n) is 5.03. The number of para-hydroxylation sites is 1. The molecule has 1 saturated heterocycles. The molecule has 0 N–H and O–H groups in total. The Kier molecular flexibility index (Phi) is 7.01. The van der Waals surface area contributed by atoms with E-state index in [1.807, 2.05) is 30.3 Å². The minimum atomic E-state index is -0.174. The van der Waals surface area contributed by atoms with Gasteiger partial charge < -0.3 is 14.7 Å². The van der Waals surface area contributed by atoms with Crippen LogP contribution in [0.3, 0.4) is 0 Å². The normalized spacial score (nSPS) is 15.9. The highest BCUT2D eigenvalue weighted by Crippen LogP contribution is 2.30. The molecule has 5 rings (SSSR count). The summed E-state index contributed by atoms with van der Waals surface area (Å²) in [6, 6.07) is 17.0. The van der Waals surface area contributed by atoms with Crippen LogP contribution in [0.5, 0.6) is 0 Å². The molecule has 2 aliphatic heterocycles. The number of nitrogens with zero attached hydrogens (tertiary/aromatic N) is 7. The van der Waals surface area contributed by atoms with Crippen LogP contribution in [0.15, 0.2) is 48.5 Å². The average Bonchev–Trinajstić information content (AvgIpc) is 2.92. The largest absolute Gasteiger partial charge is 0.366 e. The molecule has 0 spiro atoms. The van der Waals surface area contributed by atoms with Gasteiger partial charge in [0.1, 0.15) is 11.6 Å². The lowest BCUT2D eigenvalue weighted by molar-refractivity contribution is 0.243. The van der Waals surface area contributed by atoms with Crippen LogP contribution in [0, 0.1) is 17.1 Å². The molecule has 0 radical (unpaired) electrons. The van der Waals surface area contributed by atoms with Gasteiger partial charge in [-0.1, -0.05) is 24.3 Å². The van der Waals surface area contributed by atoms with E-state index in [1.54, 1.807) is 6.07 Å². The van der Waals surface area contributed by atoms with Crippen molar-refractivity contribution < 1.29 is 4.39 Å². The van der Waals surface area contributed by atoms with Gasteiger partial charge in [0.15, 0.2) is 0 Å². The predicted molar refractivity (Wildman–Crippen MR) is 141 cm³/mol. The van der Waals surface area contributed by atoms with Crippen molar-refractivity contribution in [3.05, 3.63) is 76.7 Å². The Bertz CT molecular complexity index is 1260. The molecule has 0 aliphatic carbocycles. The highest BCUT2D eigenvalue weighted by atomic mass is 19.1. The van der Waals surface area contributed by atoms with Gasteiger partial charge in [-0.25, -0.2) is 9.37 Å². The second kappa shape index (κ2) is 10.5. The van der Waals surface area contributed by atoms with Crippen molar-refractivity contribution in [3.8, 4) is 6.07 Å². The molecular weight excluding hydrogens is 453 g/mol. The second-order valence-electron chi connectivity index (χ2n) is 9.48. The molecule has 8 heteroatoms. The Hall–Kier alpha value is -3.70. The number of anilines is 3. The van der Waals surface area contributed by atoms with Gasteiger partial charge in [0.2, 0.25) is 5.95 Å². The molecule has 0 atom stereocenters. The number of aromatic nitrogens is 2. The fraction of sp³-hybridized carbons (Fsp3) is 0.393. The van der Waals surface area contributed by atoms with E-state index >= 15 is 0 Å². The Morgan fingerprint density at radius 2 is 1.78 bits per heavy atom. The molecule has 3 heterocycles. The number of benzene rings is 2. The van der Waals surface area contributed by atoms with E-state index < -0.39 is 0 Å². The van der Waals surface area contributed by atoms with Crippen LogP contribution in [0.25, 0.3) is 0 Å². The van der Waals surface area contributed by atoms with Crippen molar-refractivity contribution in [2.24, 2.45) is 0 Å². The number of rotatable bonds is 6. The Balaban J connectivity index is 1.34. The lowest BCUT2D eigenvalue weighted by Gasteiger charge is -2.37. The summed E-state index contributed by atoms with van der Waals surface area (Å²) in [5.74, 6) is 1.59. The topological polar surface area (TPSA) is 62.5 Å². The van der Waals surface area contributed by atoms with E-state index in [2.05, 4.69) is 45.7 Å². The summed E-state index contributed by atoms with van der Waals surface area (Å²) in [7, 11) is 2.08. The minimum Gasteiger partial charge on any atom is -0.366 e. The highest BCUT2D eigenvalue weighted by Gasteiger charge is 2.27. The summed E-state index contributed by atoms with van der Waals surface area (Å²) in [4.78, 5) is 19.0. The monoisotopic (exact) mass is 485 g/mol. The van der Waals surface area contributed by atoms with Gasteiger partial charge in [0, 0.05) is 71.4 Å². The molecule has 7 nitrogen and oxygen atoms in total. The van der Waals surface area contributed by atoms with Crippen LogP contribution in [0.1, 0.15) is 29.3 Å². The van der Waals surface area contributed by atoms with Gasteiger partial charge >= 0.3 is 0 Å². The van der Waals surface area contributed by atoms with Gasteiger partial charge in [0.25, 0.3) is 0 Å². The number of nitriles is 1. The summed E-state index contributed by atoms with van der Waals surface area (Å²) in [5, 5.41) is 9.23. The third-order valence-electron chi connectivity index (χ3n) is 7.16. The molecule has 186 valence electrons. The molecule has 1 aromatic heterocycles. The molecule has 0 saturated carbocycles. The van der Waals surface area contributed by atoms with Crippen molar-refractivity contribution in [2.45, 2.75) is 26.4 Å². The third-order valence-corrected chi connectivity index (χ3v) is 7.16. The van der Waals surface area contributed by atoms with E-state index in [4.69, 9.17) is 9.97 Å². The lowest BCUT2D eigenvalue weighted by atomic mass is 10.0. The molecule has 1 fully saturated rings. The maximum Gasteiger partial charge on any atom is 0.227 e. The number of halogens is 1. The Labute approximate surface area is 212 Å². The minimum absolute atomic E-state index is 0.174. The quantitative estimate of drug-likeness (QED) is 0.526. The molecule has 3 aromatic rings. The van der Waals surface area contributed by atoms with Crippen molar-refractivity contribution in [1.29, 1.82) is 5.26 Å². The first kappa shape index (κ1) is 24.0. The van der Waals surface area contributed by atoms with E-state index in [0.717, 1.165) is 81.8 Å². The first-order chi connectivity index (χ1) is 17.6. The fourth-order valence-corrected chi connectivity index (χ4v) is 5.03. The van der Waals surface area contributed by atoms with Gasteiger partial charge in [0.05, 0.1) is 23.0 Å². The zero-order chi connectivity index (χ0) is 25.1. The maximum absolute atomic E-state index is 14.3. The SMILES string of the molecule is CCN(C)c1nc(N2CCN(c3ccccc3F)CC2)nc2c1CN(Cc1cccc(C#N)c1)CC2. The van der Waals surface area contributed by atoms with Gasteiger partial charge in [-0.05, 0) is 36.8 Å². The Morgan fingerprint density at radius 1 is 1.00 bits per heavy atom. The molecule has 0 unspecified atom stereocenters. The van der Waals surface area contributed by atoms with Crippen LogP contribution in [0.4, 0.5) is 21.8 Å². The smallest absolute Gasteiger partial charge is 0.227 e.